The molecule has 1 amide bonds. The fraction of sp³-hybridized carbons (Fsp3) is 0.111. The zero-order valence-corrected chi connectivity index (χ0v) is 19.4. The number of pyridine rings is 1. The summed E-state index contributed by atoms with van der Waals surface area (Å²) in [5, 5.41) is 5.33. The van der Waals surface area contributed by atoms with Crippen molar-refractivity contribution in [3.63, 3.8) is 0 Å². The number of hydrogen-bond donors (Lipinski definition) is 0. The smallest absolute Gasteiger partial charge is 0.345 e. The average Bonchev–Trinajstić information content (AvgIpc) is 3.48. The van der Waals surface area contributed by atoms with E-state index in [0.717, 1.165) is 22.2 Å². The zero-order chi connectivity index (χ0) is 23.8. The van der Waals surface area contributed by atoms with E-state index >= 15 is 0 Å². The largest absolute Gasteiger partial charge is 0.422 e. The Bertz CT molecular complexity index is 1580. The highest BCUT2D eigenvalue weighted by Gasteiger charge is 2.36. The van der Waals surface area contributed by atoms with Crippen molar-refractivity contribution in [2.45, 2.75) is 11.9 Å². The molecule has 3 aromatic heterocycles. The Hall–Kier alpha value is -4.17. The second kappa shape index (κ2) is 8.88. The lowest BCUT2D eigenvalue weighted by atomic mass is 10.1. The molecule has 1 atom stereocenters. The molecule has 7 nitrogen and oxygen atoms in total. The summed E-state index contributed by atoms with van der Waals surface area (Å²) in [6, 6.07) is 22.7. The minimum absolute atomic E-state index is 0.0350. The van der Waals surface area contributed by atoms with Gasteiger partial charge in [-0.1, -0.05) is 42.5 Å². The number of rotatable bonds is 5. The van der Waals surface area contributed by atoms with Crippen molar-refractivity contribution in [2.24, 2.45) is 0 Å². The first kappa shape index (κ1) is 21.4. The van der Waals surface area contributed by atoms with E-state index in [9.17, 15) is 9.59 Å². The van der Waals surface area contributed by atoms with Gasteiger partial charge in [0.25, 0.3) is 0 Å². The van der Waals surface area contributed by atoms with Gasteiger partial charge in [0, 0.05) is 36.1 Å². The van der Waals surface area contributed by atoms with Crippen molar-refractivity contribution >= 4 is 28.6 Å². The minimum Gasteiger partial charge on any atom is -0.422 e. The Labute approximate surface area is 205 Å². The predicted molar refractivity (Wildman–Crippen MR) is 135 cm³/mol. The molecule has 0 unspecified atom stereocenters. The van der Waals surface area contributed by atoms with E-state index in [2.05, 4.69) is 4.98 Å². The molecule has 35 heavy (non-hydrogen) atoms. The second-order valence-electron chi connectivity index (χ2n) is 8.24. The molecule has 0 saturated carbocycles. The Balaban J connectivity index is 1.51. The number of amides is 1. The SMILES string of the molecule is O=C1CS[C@H](c2cn(-c3ccccc3)nc2-c2cc3ccccc3oc2=O)N1Cc1cccnc1. The van der Waals surface area contributed by atoms with Crippen molar-refractivity contribution in [2.75, 3.05) is 5.75 Å². The van der Waals surface area contributed by atoms with Crippen LogP contribution in [0.1, 0.15) is 16.5 Å². The van der Waals surface area contributed by atoms with E-state index in [1.54, 1.807) is 23.1 Å². The molecule has 1 aliphatic heterocycles. The second-order valence-corrected chi connectivity index (χ2v) is 9.31. The fourth-order valence-corrected chi connectivity index (χ4v) is 5.48. The molecule has 5 aromatic rings. The van der Waals surface area contributed by atoms with Crippen molar-refractivity contribution < 1.29 is 9.21 Å². The van der Waals surface area contributed by atoms with E-state index in [-0.39, 0.29) is 11.3 Å². The molecular weight excluding hydrogens is 460 g/mol. The van der Waals surface area contributed by atoms with Crippen LogP contribution in [0.4, 0.5) is 0 Å². The van der Waals surface area contributed by atoms with E-state index in [0.29, 0.717) is 29.1 Å². The summed E-state index contributed by atoms with van der Waals surface area (Å²) in [6.07, 6.45) is 5.38. The van der Waals surface area contributed by atoms with Crippen molar-refractivity contribution in [3.8, 4) is 16.9 Å². The van der Waals surface area contributed by atoms with Crippen molar-refractivity contribution in [3.05, 3.63) is 113 Å². The molecule has 2 aromatic carbocycles. The van der Waals surface area contributed by atoms with Crippen molar-refractivity contribution in [1.29, 1.82) is 0 Å². The number of para-hydroxylation sites is 2. The number of hydrogen-bond acceptors (Lipinski definition) is 6. The molecule has 1 fully saturated rings. The van der Waals surface area contributed by atoms with Crippen LogP contribution < -0.4 is 5.63 Å². The van der Waals surface area contributed by atoms with Crippen LogP contribution in [-0.4, -0.2) is 31.3 Å². The highest BCUT2D eigenvalue weighted by atomic mass is 32.2. The van der Waals surface area contributed by atoms with Crippen LogP contribution in [-0.2, 0) is 11.3 Å². The summed E-state index contributed by atoms with van der Waals surface area (Å²) in [7, 11) is 0. The van der Waals surface area contributed by atoms with Crippen LogP contribution in [0, 0.1) is 0 Å². The van der Waals surface area contributed by atoms with Crippen LogP contribution in [0.5, 0.6) is 0 Å². The lowest BCUT2D eigenvalue weighted by Gasteiger charge is -2.24. The molecular formula is C27H20N4O3S. The van der Waals surface area contributed by atoms with Crippen molar-refractivity contribution in [1.82, 2.24) is 19.7 Å². The molecule has 0 radical (unpaired) electrons. The minimum atomic E-state index is -0.462. The van der Waals surface area contributed by atoms with Gasteiger partial charge in [0.1, 0.15) is 16.7 Å². The molecule has 0 bridgehead atoms. The number of thioether (sulfide) groups is 1. The fourth-order valence-electron chi connectivity index (χ4n) is 4.29. The monoisotopic (exact) mass is 480 g/mol. The number of carbonyl (C=O) groups is 1. The summed E-state index contributed by atoms with van der Waals surface area (Å²) in [5.74, 6) is 0.389. The number of carbonyl (C=O) groups excluding carboxylic acids is 1. The number of aromatic nitrogens is 3. The number of fused-ring (bicyclic) bond motifs is 1. The molecule has 1 saturated heterocycles. The Kier molecular flexibility index (Phi) is 5.42. The van der Waals surface area contributed by atoms with Gasteiger partial charge in [-0.2, -0.15) is 5.10 Å². The summed E-state index contributed by atoms with van der Waals surface area (Å²) in [6.45, 7) is 0.423. The summed E-state index contributed by atoms with van der Waals surface area (Å²) < 4.78 is 7.38. The molecule has 172 valence electrons. The van der Waals surface area contributed by atoms with Gasteiger partial charge in [-0.15, -0.1) is 11.8 Å². The van der Waals surface area contributed by atoms with Gasteiger partial charge in [0.15, 0.2) is 0 Å². The van der Waals surface area contributed by atoms with Crippen LogP contribution in [0.2, 0.25) is 0 Å². The summed E-state index contributed by atoms with van der Waals surface area (Å²) >= 11 is 1.53. The van der Waals surface area contributed by atoms with Gasteiger partial charge in [-0.25, -0.2) is 9.48 Å². The summed E-state index contributed by atoms with van der Waals surface area (Å²) in [5.41, 5.74) is 3.53. The first-order chi connectivity index (χ1) is 17.2. The van der Waals surface area contributed by atoms with E-state index < -0.39 is 5.63 Å². The van der Waals surface area contributed by atoms with E-state index in [4.69, 9.17) is 9.52 Å². The lowest BCUT2D eigenvalue weighted by Crippen LogP contribution is -2.28. The van der Waals surface area contributed by atoms with Gasteiger partial charge < -0.3 is 9.32 Å². The van der Waals surface area contributed by atoms with Gasteiger partial charge in [0.2, 0.25) is 5.91 Å². The Morgan fingerprint density at radius 1 is 1.00 bits per heavy atom. The first-order valence-corrected chi connectivity index (χ1v) is 12.2. The maximum atomic E-state index is 13.1. The van der Waals surface area contributed by atoms with Crippen LogP contribution in [0.25, 0.3) is 27.9 Å². The van der Waals surface area contributed by atoms with E-state index in [1.807, 2.05) is 77.8 Å². The van der Waals surface area contributed by atoms with Gasteiger partial charge >= 0.3 is 5.63 Å². The Morgan fingerprint density at radius 3 is 2.66 bits per heavy atom. The quantitative estimate of drug-likeness (QED) is 0.336. The lowest BCUT2D eigenvalue weighted by molar-refractivity contribution is -0.128. The maximum Gasteiger partial charge on any atom is 0.345 e. The Morgan fingerprint density at radius 2 is 1.83 bits per heavy atom. The normalized spacial score (nSPS) is 15.7. The third-order valence-electron chi connectivity index (χ3n) is 5.97. The van der Waals surface area contributed by atoms with Crippen LogP contribution in [0.3, 0.4) is 0 Å². The number of nitrogens with zero attached hydrogens (tertiary/aromatic N) is 4. The average molecular weight is 481 g/mol. The molecule has 4 heterocycles. The molecule has 0 aliphatic carbocycles. The van der Waals surface area contributed by atoms with Crippen LogP contribution >= 0.6 is 11.8 Å². The van der Waals surface area contributed by atoms with Gasteiger partial charge in [0.05, 0.1) is 17.0 Å². The van der Waals surface area contributed by atoms with Crippen LogP contribution in [0.15, 0.2) is 101 Å². The zero-order valence-electron chi connectivity index (χ0n) is 18.6. The van der Waals surface area contributed by atoms with E-state index in [1.165, 1.54) is 11.8 Å². The molecule has 0 spiro atoms. The standard InChI is InChI=1S/C27H20N4O3S/c32-24-17-35-26(30(24)15-18-7-6-12-28-14-18)22-16-31(20-9-2-1-3-10-20)29-25(22)21-13-19-8-4-5-11-23(19)34-27(21)33/h1-14,16,26H,15,17H2/t26-/m1/s1. The molecule has 0 N–H and O–H groups in total. The molecule has 6 rings (SSSR count). The third kappa shape index (κ3) is 4.02. The highest BCUT2D eigenvalue weighted by molar-refractivity contribution is 8.00. The summed E-state index contributed by atoms with van der Waals surface area (Å²) in [4.78, 5) is 32.0. The third-order valence-corrected chi connectivity index (χ3v) is 7.21. The van der Waals surface area contributed by atoms with Gasteiger partial charge in [-0.05, 0) is 35.9 Å². The molecule has 8 heteroatoms. The highest BCUT2D eigenvalue weighted by Crippen LogP contribution is 2.43. The predicted octanol–water partition coefficient (Wildman–Crippen LogP) is 4.81. The first-order valence-electron chi connectivity index (χ1n) is 11.2. The molecule has 1 aliphatic rings. The number of benzene rings is 2. The van der Waals surface area contributed by atoms with Gasteiger partial charge in [-0.3, -0.25) is 9.78 Å². The maximum absolute atomic E-state index is 13.1. The topological polar surface area (TPSA) is 81.2 Å².